The van der Waals surface area contributed by atoms with Crippen LogP contribution in [0, 0.1) is 0 Å². The minimum atomic E-state index is 0.432. The lowest BCUT2D eigenvalue weighted by Crippen LogP contribution is -2.09. The van der Waals surface area contributed by atoms with Crippen LogP contribution >= 0.6 is 15.9 Å². The van der Waals surface area contributed by atoms with Crippen molar-refractivity contribution in [2.45, 2.75) is 0 Å². The first-order valence-electron chi connectivity index (χ1n) is 6.13. The fraction of sp³-hybridized carbons (Fsp3) is 0.143. The molecule has 3 aromatic rings. The molecule has 2 aromatic heterocycles. The molecule has 0 amide bonds. The standard InChI is InChI=1S/C14H14BrN5/c1-19(2)10-4-3-5-11(7-10)20-13-12(18-14(20)16)6-9(15)8-17-13/h3-8H,1-2H3,(H2,16,18). The van der Waals surface area contributed by atoms with Gasteiger partial charge in [-0.15, -0.1) is 0 Å². The van der Waals surface area contributed by atoms with E-state index in [-0.39, 0.29) is 0 Å². The summed E-state index contributed by atoms with van der Waals surface area (Å²) in [5, 5.41) is 0. The average molecular weight is 332 g/mol. The lowest BCUT2D eigenvalue weighted by Gasteiger charge is -2.14. The Kier molecular flexibility index (Phi) is 3.10. The van der Waals surface area contributed by atoms with Crippen molar-refractivity contribution in [3.8, 4) is 5.69 Å². The second-order valence-electron chi connectivity index (χ2n) is 4.72. The molecule has 0 spiro atoms. The molecule has 0 aliphatic rings. The summed E-state index contributed by atoms with van der Waals surface area (Å²) < 4.78 is 2.74. The molecule has 0 saturated carbocycles. The predicted molar refractivity (Wildman–Crippen MR) is 85.3 cm³/mol. The smallest absolute Gasteiger partial charge is 0.207 e. The van der Waals surface area contributed by atoms with Crippen molar-refractivity contribution in [3.63, 3.8) is 0 Å². The van der Waals surface area contributed by atoms with Crippen molar-refractivity contribution in [2.75, 3.05) is 24.7 Å². The van der Waals surface area contributed by atoms with Crippen LogP contribution in [0.5, 0.6) is 0 Å². The molecule has 102 valence electrons. The van der Waals surface area contributed by atoms with Gasteiger partial charge >= 0.3 is 0 Å². The van der Waals surface area contributed by atoms with Crippen molar-refractivity contribution >= 4 is 38.7 Å². The predicted octanol–water partition coefficient (Wildman–Crippen LogP) is 2.83. The van der Waals surface area contributed by atoms with E-state index in [4.69, 9.17) is 5.73 Å². The molecule has 20 heavy (non-hydrogen) atoms. The SMILES string of the molecule is CN(C)c1cccc(-n2c(N)nc3cc(Br)cnc32)c1. The van der Waals surface area contributed by atoms with E-state index in [1.807, 2.05) is 47.8 Å². The summed E-state index contributed by atoms with van der Waals surface area (Å²) in [5.41, 5.74) is 9.61. The summed E-state index contributed by atoms with van der Waals surface area (Å²) >= 11 is 3.39. The van der Waals surface area contributed by atoms with Gasteiger partial charge in [0.15, 0.2) is 5.65 Å². The average Bonchev–Trinajstić information content (AvgIpc) is 2.73. The molecular weight excluding hydrogens is 318 g/mol. The van der Waals surface area contributed by atoms with Gasteiger partial charge in [0.05, 0.1) is 5.69 Å². The minimum Gasteiger partial charge on any atom is -0.378 e. The molecule has 3 rings (SSSR count). The first-order chi connectivity index (χ1) is 9.56. The highest BCUT2D eigenvalue weighted by Gasteiger charge is 2.12. The Morgan fingerprint density at radius 1 is 1.25 bits per heavy atom. The van der Waals surface area contributed by atoms with E-state index in [0.29, 0.717) is 5.95 Å². The van der Waals surface area contributed by atoms with Crippen LogP contribution in [0.3, 0.4) is 0 Å². The maximum atomic E-state index is 6.04. The van der Waals surface area contributed by atoms with E-state index >= 15 is 0 Å². The molecule has 2 N–H and O–H groups in total. The van der Waals surface area contributed by atoms with Crippen LogP contribution in [-0.4, -0.2) is 28.6 Å². The van der Waals surface area contributed by atoms with Crippen LogP contribution in [-0.2, 0) is 0 Å². The van der Waals surface area contributed by atoms with Gasteiger partial charge in [-0.3, -0.25) is 4.57 Å². The number of aromatic nitrogens is 3. The van der Waals surface area contributed by atoms with Crippen molar-refractivity contribution in [1.29, 1.82) is 0 Å². The van der Waals surface area contributed by atoms with Crippen molar-refractivity contribution in [1.82, 2.24) is 14.5 Å². The third-order valence-corrected chi connectivity index (χ3v) is 3.53. The number of rotatable bonds is 2. The number of hydrogen-bond acceptors (Lipinski definition) is 4. The Bertz CT molecular complexity index is 778. The molecule has 0 unspecified atom stereocenters. The number of fused-ring (bicyclic) bond motifs is 1. The number of nitrogen functional groups attached to an aromatic ring is 1. The molecule has 0 atom stereocenters. The van der Waals surface area contributed by atoms with Crippen LogP contribution in [0.2, 0.25) is 0 Å². The van der Waals surface area contributed by atoms with Crippen molar-refractivity contribution in [2.24, 2.45) is 0 Å². The quantitative estimate of drug-likeness (QED) is 0.784. The number of halogens is 1. The molecule has 6 heteroatoms. The van der Waals surface area contributed by atoms with Crippen molar-refractivity contribution < 1.29 is 0 Å². The Morgan fingerprint density at radius 2 is 2.05 bits per heavy atom. The zero-order valence-electron chi connectivity index (χ0n) is 11.2. The zero-order chi connectivity index (χ0) is 14.3. The number of benzene rings is 1. The minimum absolute atomic E-state index is 0.432. The van der Waals surface area contributed by atoms with E-state index in [9.17, 15) is 0 Å². The Hall–Kier alpha value is -2.08. The van der Waals surface area contributed by atoms with Gasteiger partial charge in [-0.2, -0.15) is 0 Å². The first-order valence-corrected chi connectivity index (χ1v) is 6.93. The molecule has 0 aliphatic carbocycles. The number of anilines is 2. The van der Waals surface area contributed by atoms with Crippen molar-refractivity contribution in [3.05, 3.63) is 41.0 Å². The van der Waals surface area contributed by atoms with Crippen LogP contribution in [0.15, 0.2) is 41.0 Å². The lowest BCUT2D eigenvalue weighted by molar-refractivity contribution is 1.07. The fourth-order valence-electron chi connectivity index (χ4n) is 2.12. The second kappa shape index (κ2) is 4.79. The van der Waals surface area contributed by atoms with Crippen LogP contribution < -0.4 is 10.6 Å². The number of imidazole rings is 1. The van der Waals surface area contributed by atoms with Crippen LogP contribution in [0.25, 0.3) is 16.9 Å². The van der Waals surface area contributed by atoms with E-state index in [0.717, 1.165) is 27.0 Å². The fourth-order valence-corrected chi connectivity index (χ4v) is 2.44. The molecule has 0 fully saturated rings. The molecule has 0 saturated heterocycles. The maximum Gasteiger partial charge on any atom is 0.207 e. The van der Waals surface area contributed by atoms with Crippen LogP contribution in [0.1, 0.15) is 0 Å². The van der Waals surface area contributed by atoms with Gasteiger partial charge in [-0.25, -0.2) is 9.97 Å². The van der Waals surface area contributed by atoms with Gasteiger partial charge in [0.2, 0.25) is 5.95 Å². The monoisotopic (exact) mass is 331 g/mol. The summed E-state index contributed by atoms with van der Waals surface area (Å²) in [6.07, 6.45) is 1.75. The highest BCUT2D eigenvalue weighted by Crippen LogP contribution is 2.25. The van der Waals surface area contributed by atoms with E-state index < -0.39 is 0 Å². The molecule has 0 radical (unpaired) electrons. The molecule has 1 aromatic carbocycles. The van der Waals surface area contributed by atoms with Gasteiger partial charge in [0.1, 0.15) is 5.52 Å². The van der Waals surface area contributed by atoms with E-state index in [2.05, 4.69) is 32.0 Å². The summed E-state index contributed by atoms with van der Waals surface area (Å²) in [6.45, 7) is 0. The third kappa shape index (κ3) is 2.12. The summed E-state index contributed by atoms with van der Waals surface area (Å²) in [5.74, 6) is 0.432. The summed E-state index contributed by atoms with van der Waals surface area (Å²) in [7, 11) is 4.01. The number of hydrogen-bond donors (Lipinski definition) is 1. The maximum absolute atomic E-state index is 6.04. The third-order valence-electron chi connectivity index (χ3n) is 3.09. The highest BCUT2D eigenvalue weighted by molar-refractivity contribution is 9.10. The highest BCUT2D eigenvalue weighted by atomic mass is 79.9. The number of nitrogens with zero attached hydrogens (tertiary/aromatic N) is 4. The molecule has 5 nitrogen and oxygen atoms in total. The van der Waals surface area contributed by atoms with Gasteiger partial charge in [0.25, 0.3) is 0 Å². The van der Waals surface area contributed by atoms with Gasteiger partial charge in [0, 0.05) is 30.5 Å². The molecule has 2 heterocycles. The zero-order valence-corrected chi connectivity index (χ0v) is 12.8. The largest absolute Gasteiger partial charge is 0.378 e. The molecule has 0 bridgehead atoms. The van der Waals surface area contributed by atoms with Gasteiger partial charge in [-0.1, -0.05) is 6.07 Å². The van der Waals surface area contributed by atoms with E-state index in [1.165, 1.54) is 0 Å². The van der Waals surface area contributed by atoms with Gasteiger partial charge in [-0.05, 0) is 40.2 Å². The van der Waals surface area contributed by atoms with Crippen LogP contribution in [0.4, 0.5) is 11.6 Å². The van der Waals surface area contributed by atoms with E-state index in [1.54, 1.807) is 6.20 Å². The Morgan fingerprint density at radius 3 is 2.80 bits per heavy atom. The second-order valence-corrected chi connectivity index (χ2v) is 5.63. The summed E-state index contributed by atoms with van der Waals surface area (Å²) in [6, 6.07) is 10.00. The first kappa shape index (κ1) is 12.9. The lowest BCUT2D eigenvalue weighted by atomic mass is 10.2. The summed E-state index contributed by atoms with van der Waals surface area (Å²) in [4.78, 5) is 10.8. The Balaban J connectivity index is 2.24. The normalized spacial score (nSPS) is 10.9. The van der Waals surface area contributed by atoms with Gasteiger partial charge < -0.3 is 10.6 Å². The number of nitrogens with two attached hydrogens (primary N) is 1. The number of pyridine rings is 1. The topological polar surface area (TPSA) is 60.0 Å². The molecule has 0 aliphatic heterocycles. The Labute approximate surface area is 125 Å². The molecular formula is C14H14BrN5.